The number of aryl methyl sites for hydroxylation is 1. The fraction of sp³-hybridized carbons (Fsp3) is 0.619. The fourth-order valence-electron chi connectivity index (χ4n) is 4.13. The highest BCUT2D eigenvalue weighted by molar-refractivity contribution is 5.57. The van der Waals surface area contributed by atoms with Gasteiger partial charge in [0.15, 0.2) is 11.5 Å². The molecule has 3 nitrogen and oxygen atoms in total. The average molecular weight is 332 g/mol. The monoisotopic (exact) mass is 332 g/mol. The zero-order valence-electron chi connectivity index (χ0n) is 15.7. The van der Waals surface area contributed by atoms with Gasteiger partial charge < -0.3 is 14.9 Å². The van der Waals surface area contributed by atoms with Crippen LogP contribution in [0.1, 0.15) is 75.0 Å². The molecule has 2 N–H and O–H groups in total. The summed E-state index contributed by atoms with van der Waals surface area (Å²) in [5.74, 6) is 1.75. The van der Waals surface area contributed by atoms with Crippen molar-refractivity contribution in [3.05, 3.63) is 34.4 Å². The summed E-state index contributed by atoms with van der Waals surface area (Å²) in [6.07, 6.45) is 6.32. The number of allylic oxidation sites excluding steroid dienone is 2. The molecule has 0 amide bonds. The van der Waals surface area contributed by atoms with Gasteiger partial charge in [0.25, 0.3) is 0 Å². The van der Waals surface area contributed by atoms with E-state index in [1.54, 1.807) is 7.11 Å². The van der Waals surface area contributed by atoms with Crippen LogP contribution in [0.5, 0.6) is 11.5 Å². The Kier molecular flexibility index (Phi) is 6.34. The molecule has 1 aliphatic carbocycles. The molecule has 3 heteroatoms. The number of aliphatic hydroxyl groups excluding tert-OH is 1. The second-order valence-electron chi connectivity index (χ2n) is 7.46. The fourth-order valence-corrected chi connectivity index (χ4v) is 4.13. The van der Waals surface area contributed by atoms with Crippen molar-refractivity contribution < 1.29 is 14.9 Å². The van der Waals surface area contributed by atoms with E-state index >= 15 is 0 Å². The summed E-state index contributed by atoms with van der Waals surface area (Å²) < 4.78 is 5.40. The van der Waals surface area contributed by atoms with E-state index in [0.29, 0.717) is 23.3 Å². The molecular weight excluding hydrogens is 300 g/mol. The van der Waals surface area contributed by atoms with Gasteiger partial charge in [-0.3, -0.25) is 0 Å². The molecule has 0 radical (unpaired) electrons. The third-order valence-electron chi connectivity index (χ3n) is 5.41. The number of benzene rings is 1. The number of rotatable bonds is 6. The largest absolute Gasteiger partial charge is 0.504 e. The average Bonchev–Trinajstić information content (AvgIpc) is 2.52. The van der Waals surface area contributed by atoms with Crippen LogP contribution in [-0.2, 0) is 0 Å². The number of phenols is 1. The SMILES string of the molecule is COc1c(C)cc2c(c1O)[C@H](C)CC[C@H]2[C@@H](CO)CCC=C(C)C. The molecule has 0 heterocycles. The lowest BCUT2D eigenvalue weighted by atomic mass is 9.70. The first-order chi connectivity index (χ1) is 11.4. The normalized spacial score (nSPS) is 21.1. The number of aliphatic hydroxyl groups is 1. The number of hydrogen-bond donors (Lipinski definition) is 2. The second-order valence-corrected chi connectivity index (χ2v) is 7.46. The van der Waals surface area contributed by atoms with Crippen molar-refractivity contribution in [2.45, 2.75) is 65.2 Å². The molecule has 2 rings (SSSR count). The Morgan fingerprint density at radius 3 is 2.67 bits per heavy atom. The number of hydrogen-bond acceptors (Lipinski definition) is 3. The summed E-state index contributed by atoms with van der Waals surface area (Å²) in [5.41, 5.74) is 4.52. The van der Waals surface area contributed by atoms with Crippen molar-refractivity contribution in [3.8, 4) is 11.5 Å². The first kappa shape index (κ1) is 18.9. The molecule has 0 fully saturated rings. The van der Waals surface area contributed by atoms with Crippen molar-refractivity contribution in [2.24, 2.45) is 5.92 Å². The molecule has 0 bridgehead atoms. The Balaban J connectivity index is 2.38. The molecule has 3 atom stereocenters. The van der Waals surface area contributed by atoms with E-state index in [-0.39, 0.29) is 12.5 Å². The standard InChI is InChI=1S/C21H32O3/c1-13(2)7-6-8-16(12-22)17-10-9-14(3)19-18(17)11-15(4)21(24-5)20(19)23/h7,11,14,16-17,22-23H,6,8-10,12H2,1-5H3/t14-,16-,17+/m1/s1. The molecule has 134 valence electrons. The van der Waals surface area contributed by atoms with Crippen LogP contribution in [0.2, 0.25) is 0 Å². The van der Waals surface area contributed by atoms with E-state index in [2.05, 4.69) is 32.9 Å². The van der Waals surface area contributed by atoms with Crippen molar-refractivity contribution in [1.82, 2.24) is 0 Å². The predicted octanol–water partition coefficient (Wildman–Crippen LogP) is 5.05. The number of phenolic OH excluding ortho intramolecular Hbond substituents is 1. The maximum absolute atomic E-state index is 10.7. The van der Waals surface area contributed by atoms with Gasteiger partial charge in [0, 0.05) is 12.2 Å². The topological polar surface area (TPSA) is 49.7 Å². The third-order valence-corrected chi connectivity index (χ3v) is 5.41. The third kappa shape index (κ3) is 3.77. The molecule has 0 aliphatic heterocycles. The highest BCUT2D eigenvalue weighted by Crippen LogP contribution is 2.50. The molecule has 0 aromatic heterocycles. The lowest BCUT2D eigenvalue weighted by Gasteiger charge is -2.35. The number of ether oxygens (including phenoxy) is 1. The summed E-state index contributed by atoms with van der Waals surface area (Å²) >= 11 is 0. The minimum atomic E-state index is 0.195. The van der Waals surface area contributed by atoms with Gasteiger partial charge in [-0.15, -0.1) is 0 Å². The van der Waals surface area contributed by atoms with Crippen molar-refractivity contribution >= 4 is 0 Å². The molecule has 1 aromatic carbocycles. The molecule has 0 spiro atoms. The van der Waals surface area contributed by atoms with E-state index in [9.17, 15) is 10.2 Å². The van der Waals surface area contributed by atoms with Crippen molar-refractivity contribution in [3.63, 3.8) is 0 Å². The Morgan fingerprint density at radius 1 is 1.38 bits per heavy atom. The molecule has 0 saturated heterocycles. The molecule has 1 aliphatic rings. The molecular formula is C21H32O3. The predicted molar refractivity (Wildman–Crippen MR) is 99.0 cm³/mol. The van der Waals surface area contributed by atoms with Gasteiger partial charge in [0.2, 0.25) is 0 Å². The van der Waals surface area contributed by atoms with E-state index in [0.717, 1.165) is 36.8 Å². The maximum Gasteiger partial charge on any atom is 0.163 e. The van der Waals surface area contributed by atoms with Crippen LogP contribution in [0.15, 0.2) is 17.7 Å². The molecule has 1 aromatic rings. The quantitative estimate of drug-likeness (QED) is 0.717. The van der Waals surface area contributed by atoms with Gasteiger partial charge in [0.1, 0.15) is 0 Å². The first-order valence-corrected chi connectivity index (χ1v) is 9.05. The Labute approximate surface area is 146 Å². The number of aromatic hydroxyl groups is 1. The highest BCUT2D eigenvalue weighted by atomic mass is 16.5. The molecule has 24 heavy (non-hydrogen) atoms. The molecule has 0 saturated carbocycles. The summed E-state index contributed by atoms with van der Waals surface area (Å²) in [4.78, 5) is 0. The smallest absolute Gasteiger partial charge is 0.163 e. The minimum absolute atomic E-state index is 0.195. The van der Waals surface area contributed by atoms with Crippen LogP contribution in [0.4, 0.5) is 0 Å². The van der Waals surface area contributed by atoms with Gasteiger partial charge in [-0.2, -0.15) is 0 Å². The van der Waals surface area contributed by atoms with E-state index < -0.39 is 0 Å². The van der Waals surface area contributed by atoms with Crippen LogP contribution in [-0.4, -0.2) is 23.9 Å². The highest BCUT2D eigenvalue weighted by Gasteiger charge is 2.33. The Bertz CT molecular complexity index is 600. The zero-order valence-corrected chi connectivity index (χ0v) is 15.7. The van der Waals surface area contributed by atoms with Crippen molar-refractivity contribution in [1.29, 1.82) is 0 Å². The van der Waals surface area contributed by atoms with Crippen LogP contribution in [0.25, 0.3) is 0 Å². The van der Waals surface area contributed by atoms with Gasteiger partial charge in [-0.25, -0.2) is 0 Å². The Hall–Kier alpha value is -1.48. The zero-order chi connectivity index (χ0) is 17.9. The second kappa shape index (κ2) is 8.06. The van der Waals surface area contributed by atoms with E-state index in [1.165, 1.54) is 11.1 Å². The lowest BCUT2D eigenvalue weighted by Crippen LogP contribution is -2.23. The van der Waals surface area contributed by atoms with E-state index in [4.69, 9.17) is 4.74 Å². The van der Waals surface area contributed by atoms with Crippen LogP contribution >= 0.6 is 0 Å². The first-order valence-electron chi connectivity index (χ1n) is 9.05. The number of fused-ring (bicyclic) bond motifs is 1. The van der Waals surface area contributed by atoms with Gasteiger partial charge in [0.05, 0.1) is 7.11 Å². The maximum atomic E-state index is 10.7. The summed E-state index contributed by atoms with van der Waals surface area (Å²) in [6, 6.07) is 2.16. The van der Waals surface area contributed by atoms with Crippen LogP contribution in [0, 0.1) is 12.8 Å². The summed E-state index contributed by atoms with van der Waals surface area (Å²) in [7, 11) is 1.61. The van der Waals surface area contributed by atoms with Gasteiger partial charge >= 0.3 is 0 Å². The summed E-state index contributed by atoms with van der Waals surface area (Å²) in [5, 5.41) is 20.7. The summed E-state index contributed by atoms with van der Waals surface area (Å²) in [6.45, 7) is 8.56. The van der Waals surface area contributed by atoms with Crippen LogP contribution < -0.4 is 4.74 Å². The van der Waals surface area contributed by atoms with Crippen molar-refractivity contribution in [2.75, 3.05) is 13.7 Å². The van der Waals surface area contributed by atoms with Crippen LogP contribution in [0.3, 0.4) is 0 Å². The lowest BCUT2D eigenvalue weighted by molar-refractivity contribution is 0.185. The van der Waals surface area contributed by atoms with Gasteiger partial charge in [-0.05, 0) is 75.3 Å². The van der Waals surface area contributed by atoms with Gasteiger partial charge in [-0.1, -0.05) is 24.6 Å². The van der Waals surface area contributed by atoms with E-state index in [1.807, 2.05) is 6.92 Å². The molecule has 0 unspecified atom stereocenters. The minimum Gasteiger partial charge on any atom is -0.504 e. The Morgan fingerprint density at radius 2 is 2.08 bits per heavy atom. The number of methoxy groups -OCH3 is 1.